The molecule has 0 aliphatic heterocycles. The Labute approximate surface area is 131 Å². The fourth-order valence-corrected chi connectivity index (χ4v) is 2.54. The third kappa shape index (κ3) is 6.91. The molecule has 21 heavy (non-hydrogen) atoms. The molecule has 6 heteroatoms. The van der Waals surface area contributed by atoms with Crippen molar-refractivity contribution >= 4 is 17.4 Å². The summed E-state index contributed by atoms with van der Waals surface area (Å²) >= 11 is 1.67. The van der Waals surface area contributed by atoms with Crippen molar-refractivity contribution < 1.29 is 9.53 Å². The number of nitrogens with one attached hydrogen (secondary N) is 1. The van der Waals surface area contributed by atoms with E-state index in [0.29, 0.717) is 13.1 Å². The van der Waals surface area contributed by atoms with Crippen LogP contribution in [0, 0.1) is 6.92 Å². The fraction of sp³-hybridized carbons (Fsp3) is 0.733. The lowest BCUT2D eigenvalue weighted by atomic mass is 10.2. The van der Waals surface area contributed by atoms with Gasteiger partial charge in [-0.2, -0.15) is 0 Å². The number of hydrogen-bond acceptors (Lipinski definition) is 5. The Morgan fingerprint density at radius 2 is 2.19 bits per heavy atom. The first kappa shape index (κ1) is 17.9. The third-order valence-corrected chi connectivity index (χ3v) is 3.88. The molecule has 120 valence electrons. The Bertz CT molecular complexity index is 440. The normalized spacial score (nSPS) is 11.5. The molecule has 0 spiro atoms. The Kier molecular flexibility index (Phi) is 7.11. The van der Waals surface area contributed by atoms with Gasteiger partial charge in [-0.3, -0.25) is 0 Å². The molecule has 1 aromatic rings. The van der Waals surface area contributed by atoms with Gasteiger partial charge in [0.15, 0.2) is 0 Å². The molecule has 0 saturated carbocycles. The van der Waals surface area contributed by atoms with Crippen LogP contribution in [0.2, 0.25) is 0 Å². The topological polar surface area (TPSA) is 54.5 Å². The van der Waals surface area contributed by atoms with Gasteiger partial charge in [0.2, 0.25) is 0 Å². The van der Waals surface area contributed by atoms with E-state index in [1.165, 1.54) is 4.88 Å². The van der Waals surface area contributed by atoms with Gasteiger partial charge in [-0.15, -0.1) is 11.3 Å². The lowest BCUT2D eigenvalue weighted by Crippen LogP contribution is -2.38. The van der Waals surface area contributed by atoms with E-state index in [0.717, 1.165) is 25.2 Å². The summed E-state index contributed by atoms with van der Waals surface area (Å²) in [7, 11) is 0. The summed E-state index contributed by atoms with van der Waals surface area (Å²) in [6, 6.07) is 0. The number of hydrogen-bond donors (Lipinski definition) is 1. The number of carbonyl (C=O) groups excluding carboxylic acids is 1. The number of thiazole rings is 1. The summed E-state index contributed by atoms with van der Waals surface area (Å²) < 4.78 is 5.38. The lowest BCUT2D eigenvalue weighted by Gasteiger charge is -2.26. The van der Waals surface area contributed by atoms with Crippen LogP contribution in [-0.4, -0.2) is 41.2 Å². The number of rotatable bonds is 7. The van der Waals surface area contributed by atoms with Gasteiger partial charge in [0, 0.05) is 24.5 Å². The van der Waals surface area contributed by atoms with E-state index >= 15 is 0 Å². The Hall–Kier alpha value is -1.14. The maximum atomic E-state index is 12.0. The minimum atomic E-state index is -0.438. The van der Waals surface area contributed by atoms with Crippen LogP contribution in [0.1, 0.15) is 44.7 Å². The smallest absolute Gasteiger partial charge is 0.410 e. The van der Waals surface area contributed by atoms with Crippen LogP contribution in [0.4, 0.5) is 4.79 Å². The maximum absolute atomic E-state index is 12.0. The van der Waals surface area contributed by atoms with Crippen molar-refractivity contribution in [3.8, 4) is 0 Å². The Morgan fingerprint density at radius 1 is 1.48 bits per heavy atom. The van der Waals surface area contributed by atoms with Gasteiger partial charge in [0.05, 0.1) is 11.2 Å². The van der Waals surface area contributed by atoms with E-state index in [4.69, 9.17) is 4.74 Å². The molecule has 1 aromatic heterocycles. The van der Waals surface area contributed by atoms with E-state index in [1.807, 2.05) is 40.1 Å². The maximum Gasteiger partial charge on any atom is 0.410 e. The molecule has 0 unspecified atom stereocenters. The van der Waals surface area contributed by atoms with Gasteiger partial charge >= 0.3 is 6.09 Å². The molecule has 5 nitrogen and oxygen atoms in total. The van der Waals surface area contributed by atoms with Gasteiger partial charge in [0.1, 0.15) is 5.60 Å². The minimum Gasteiger partial charge on any atom is -0.444 e. The summed E-state index contributed by atoms with van der Waals surface area (Å²) in [6.45, 7) is 12.7. The number of nitrogens with zero attached hydrogens (tertiary/aromatic N) is 2. The van der Waals surface area contributed by atoms with E-state index < -0.39 is 5.60 Å². The average molecular weight is 313 g/mol. The van der Waals surface area contributed by atoms with E-state index in [9.17, 15) is 4.79 Å². The predicted octanol–water partition coefficient (Wildman–Crippen LogP) is 3.19. The van der Waals surface area contributed by atoms with Crippen molar-refractivity contribution in [3.05, 3.63) is 16.1 Å². The highest BCUT2D eigenvalue weighted by Crippen LogP contribution is 2.11. The average Bonchev–Trinajstić information content (AvgIpc) is 2.77. The van der Waals surface area contributed by atoms with E-state index in [2.05, 4.69) is 10.3 Å². The summed E-state index contributed by atoms with van der Waals surface area (Å²) in [6.07, 6.45) is 0.675. The predicted molar refractivity (Wildman–Crippen MR) is 86.7 cm³/mol. The molecule has 0 atom stereocenters. The van der Waals surface area contributed by atoms with Crippen LogP contribution in [-0.2, 0) is 11.3 Å². The molecule has 0 saturated heterocycles. The quantitative estimate of drug-likeness (QED) is 0.786. The molecule has 0 bridgehead atoms. The first-order valence-electron chi connectivity index (χ1n) is 7.41. The summed E-state index contributed by atoms with van der Waals surface area (Å²) in [4.78, 5) is 19.2. The van der Waals surface area contributed by atoms with Crippen LogP contribution in [0.15, 0.2) is 5.51 Å². The number of aryl methyl sites for hydroxylation is 1. The van der Waals surface area contributed by atoms with Crippen LogP contribution in [0.5, 0.6) is 0 Å². The van der Waals surface area contributed by atoms with Crippen molar-refractivity contribution in [2.24, 2.45) is 0 Å². The molecular weight excluding hydrogens is 286 g/mol. The number of aromatic nitrogens is 1. The first-order valence-corrected chi connectivity index (χ1v) is 8.29. The molecule has 0 fully saturated rings. The van der Waals surface area contributed by atoms with Crippen LogP contribution in [0.25, 0.3) is 0 Å². The molecule has 0 aromatic carbocycles. The molecular formula is C15H27N3O2S. The lowest BCUT2D eigenvalue weighted by molar-refractivity contribution is 0.0258. The second-order valence-corrected chi connectivity index (χ2v) is 6.89. The van der Waals surface area contributed by atoms with Crippen LogP contribution >= 0.6 is 11.3 Å². The fourth-order valence-electron chi connectivity index (χ4n) is 1.80. The van der Waals surface area contributed by atoms with Gasteiger partial charge < -0.3 is 15.0 Å². The summed E-state index contributed by atoms with van der Waals surface area (Å²) in [5.74, 6) is 0. The zero-order chi connectivity index (χ0) is 15.9. The highest BCUT2D eigenvalue weighted by molar-refractivity contribution is 7.09. The zero-order valence-corrected chi connectivity index (χ0v) is 14.5. The largest absolute Gasteiger partial charge is 0.444 e. The summed E-state index contributed by atoms with van der Waals surface area (Å²) in [5, 5.41) is 3.39. The van der Waals surface area contributed by atoms with Crippen molar-refractivity contribution in [2.75, 3.05) is 19.6 Å². The Morgan fingerprint density at radius 3 is 2.71 bits per heavy atom. The third-order valence-electron chi connectivity index (χ3n) is 2.95. The molecule has 1 amide bonds. The molecule has 1 heterocycles. The van der Waals surface area contributed by atoms with E-state index in [1.54, 1.807) is 16.2 Å². The number of ether oxygens (including phenoxy) is 1. The van der Waals surface area contributed by atoms with Crippen molar-refractivity contribution in [2.45, 2.75) is 53.2 Å². The van der Waals surface area contributed by atoms with Gasteiger partial charge in [-0.05, 0) is 47.6 Å². The SMILES string of the molecule is CCN(CCCNCc1scnc1C)C(=O)OC(C)(C)C. The van der Waals surface area contributed by atoms with Gasteiger partial charge in [-0.25, -0.2) is 9.78 Å². The molecule has 0 aliphatic carbocycles. The second-order valence-electron chi connectivity index (χ2n) is 5.95. The van der Waals surface area contributed by atoms with E-state index in [-0.39, 0.29) is 6.09 Å². The summed E-state index contributed by atoms with van der Waals surface area (Å²) in [5.41, 5.74) is 2.52. The van der Waals surface area contributed by atoms with Gasteiger partial charge in [0.25, 0.3) is 0 Å². The Balaban J connectivity index is 2.23. The highest BCUT2D eigenvalue weighted by atomic mass is 32.1. The van der Waals surface area contributed by atoms with Crippen molar-refractivity contribution in [1.29, 1.82) is 0 Å². The standard InChI is InChI=1S/C15H27N3O2S/c1-6-18(14(19)20-15(3,4)5)9-7-8-16-10-13-12(2)17-11-21-13/h11,16H,6-10H2,1-5H3. The van der Waals surface area contributed by atoms with Crippen LogP contribution < -0.4 is 5.32 Å². The second kappa shape index (κ2) is 8.34. The zero-order valence-electron chi connectivity index (χ0n) is 13.7. The van der Waals surface area contributed by atoms with Gasteiger partial charge in [-0.1, -0.05) is 0 Å². The van der Waals surface area contributed by atoms with Crippen molar-refractivity contribution in [3.63, 3.8) is 0 Å². The number of carbonyl (C=O) groups is 1. The molecule has 0 aliphatic rings. The molecule has 0 radical (unpaired) electrons. The van der Waals surface area contributed by atoms with Crippen LogP contribution in [0.3, 0.4) is 0 Å². The van der Waals surface area contributed by atoms with Crippen molar-refractivity contribution in [1.82, 2.24) is 15.2 Å². The molecule has 1 rings (SSSR count). The monoisotopic (exact) mass is 313 g/mol. The number of amides is 1. The highest BCUT2D eigenvalue weighted by Gasteiger charge is 2.20. The minimum absolute atomic E-state index is 0.233. The molecule has 1 N–H and O–H groups in total. The first-order chi connectivity index (χ1) is 9.83.